The Morgan fingerprint density at radius 1 is 1.39 bits per heavy atom. The molecule has 0 saturated heterocycles. The first-order valence-corrected chi connectivity index (χ1v) is 6.59. The zero-order valence-corrected chi connectivity index (χ0v) is 11.4. The molecule has 0 radical (unpaired) electrons. The van der Waals surface area contributed by atoms with Crippen molar-refractivity contribution in [2.24, 2.45) is 5.73 Å². The van der Waals surface area contributed by atoms with Crippen LogP contribution < -0.4 is 5.73 Å². The molecule has 1 aromatic rings. The molecular weight excluding hydrogens is 224 g/mol. The lowest BCUT2D eigenvalue weighted by Crippen LogP contribution is -2.25. The van der Waals surface area contributed by atoms with Crippen LogP contribution in [0.25, 0.3) is 0 Å². The van der Waals surface area contributed by atoms with E-state index in [0.29, 0.717) is 12.3 Å². The summed E-state index contributed by atoms with van der Waals surface area (Å²) in [4.78, 5) is 6.90. The first kappa shape index (κ1) is 14.6. The summed E-state index contributed by atoms with van der Waals surface area (Å²) >= 11 is 0. The highest BCUT2D eigenvalue weighted by molar-refractivity contribution is 5.76. The lowest BCUT2D eigenvalue weighted by Gasteiger charge is -2.19. The molecule has 4 heteroatoms. The third-order valence-corrected chi connectivity index (χ3v) is 2.95. The van der Waals surface area contributed by atoms with Gasteiger partial charge in [0.25, 0.3) is 0 Å². The van der Waals surface area contributed by atoms with Crippen LogP contribution >= 0.6 is 0 Å². The summed E-state index contributed by atoms with van der Waals surface area (Å²) in [5.41, 5.74) is 7.54. The first-order valence-electron chi connectivity index (χ1n) is 6.59. The second-order valence-corrected chi connectivity index (χ2v) is 4.62. The van der Waals surface area contributed by atoms with Crippen molar-refractivity contribution in [3.8, 4) is 0 Å². The van der Waals surface area contributed by atoms with Gasteiger partial charge in [0.05, 0.1) is 11.5 Å². The molecular formula is C14H24N4. The molecule has 0 aliphatic carbocycles. The van der Waals surface area contributed by atoms with Crippen molar-refractivity contribution in [1.29, 1.82) is 5.41 Å². The molecule has 100 valence electrons. The molecule has 0 aromatic carbocycles. The van der Waals surface area contributed by atoms with Gasteiger partial charge in [-0.05, 0) is 45.0 Å². The van der Waals surface area contributed by atoms with Gasteiger partial charge in [-0.15, -0.1) is 0 Å². The van der Waals surface area contributed by atoms with Gasteiger partial charge in [-0.25, -0.2) is 0 Å². The summed E-state index contributed by atoms with van der Waals surface area (Å²) in [6, 6.07) is 6.15. The number of nitrogens with two attached hydrogens (primary N) is 1. The minimum absolute atomic E-state index is 0.290. The Labute approximate surface area is 110 Å². The molecule has 0 fully saturated rings. The minimum atomic E-state index is 0.290. The number of hydrogen-bond donors (Lipinski definition) is 2. The molecule has 4 nitrogen and oxygen atoms in total. The SMILES string of the molecule is CCN(CCCCC(=N)N)Cc1cccc(C)n1. The Balaban J connectivity index is 2.35. The highest BCUT2D eigenvalue weighted by Gasteiger charge is 2.04. The lowest BCUT2D eigenvalue weighted by atomic mass is 10.2. The van der Waals surface area contributed by atoms with Gasteiger partial charge < -0.3 is 5.73 Å². The van der Waals surface area contributed by atoms with Gasteiger partial charge in [0, 0.05) is 18.7 Å². The highest BCUT2D eigenvalue weighted by Crippen LogP contribution is 2.05. The predicted molar refractivity (Wildman–Crippen MR) is 75.7 cm³/mol. The number of aromatic nitrogens is 1. The molecule has 1 rings (SSSR count). The van der Waals surface area contributed by atoms with E-state index in [9.17, 15) is 0 Å². The van der Waals surface area contributed by atoms with E-state index in [2.05, 4.69) is 28.9 Å². The Bertz CT molecular complexity index is 376. The Kier molecular flexibility index (Phi) is 6.36. The molecule has 18 heavy (non-hydrogen) atoms. The van der Waals surface area contributed by atoms with Gasteiger partial charge in [0.1, 0.15) is 0 Å². The zero-order valence-electron chi connectivity index (χ0n) is 11.4. The first-order chi connectivity index (χ1) is 8.61. The normalized spacial score (nSPS) is 10.8. The molecule has 3 N–H and O–H groups in total. The maximum Gasteiger partial charge on any atom is 0.0905 e. The van der Waals surface area contributed by atoms with E-state index in [-0.39, 0.29) is 0 Å². The van der Waals surface area contributed by atoms with Crippen molar-refractivity contribution < 1.29 is 0 Å². The summed E-state index contributed by atoms with van der Waals surface area (Å²) in [6.07, 6.45) is 2.78. The van der Waals surface area contributed by atoms with E-state index in [1.807, 2.05) is 13.0 Å². The van der Waals surface area contributed by atoms with Crippen molar-refractivity contribution in [2.75, 3.05) is 13.1 Å². The standard InChI is InChI=1S/C14H24N4/c1-3-18(10-5-4-9-14(15)16)11-13-8-6-7-12(2)17-13/h6-8H,3-5,9-11H2,1-2H3,(H3,15,16). The average molecular weight is 248 g/mol. The fraction of sp³-hybridized carbons (Fsp3) is 0.571. The van der Waals surface area contributed by atoms with Crippen molar-refractivity contribution in [3.05, 3.63) is 29.6 Å². The van der Waals surface area contributed by atoms with Crippen LogP contribution in [-0.4, -0.2) is 28.8 Å². The number of nitrogens with zero attached hydrogens (tertiary/aromatic N) is 2. The second-order valence-electron chi connectivity index (χ2n) is 4.62. The Morgan fingerprint density at radius 3 is 2.78 bits per heavy atom. The van der Waals surface area contributed by atoms with Crippen LogP contribution in [0, 0.1) is 12.3 Å². The number of rotatable bonds is 8. The number of unbranched alkanes of at least 4 members (excludes halogenated alkanes) is 1. The van der Waals surface area contributed by atoms with E-state index in [4.69, 9.17) is 11.1 Å². The zero-order chi connectivity index (χ0) is 13.4. The van der Waals surface area contributed by atoms with Gasteiger partial charge in [-0.2, -0.15) is 0 Å². The average Bonchev–Trinajstić information content (AvgIpc) is 2.33. The summed E-state index contributed by atoms with van der Waals surface area (Å²) in [6.45, 7) is 7.15. The lowest BCUT2D eigenvalue weighted by molar-refractivity contribution is 0.271. The van der Waals surface area contributed by atoms with Crippen LogP contribution in [-0.2, 0) is 6.54 Å². The van der Waals surface area contributed by atoms with Crippen LogP contribution in [0.4, 0.5) is 0 Å². The molecule has 0 atom stereocenters. The number of nitrogens with one attached hydrogen (secondary N) is 1. The van der Waals surface area contributed by atoms with Crippen molar-refractivity contribution in [3.63, 3.8) is 0 Å². The van der Waals surface area contributed by atoms with E-state index in [1.54, 1.807) is 0 Å². The van der Waals surface area contributed by atoms with Crippen LogP contribution in [0.1, 0.15) is 37.6 Å². The quantitative estimate of drug-likeness (QED) is 0.421. The highest BCUT2D eigenvalue weighted by atomic mass is 15.1. The molecule has 0 saturated carbocycles. The van der Waals surface area contributed by atoms with Gasteiger partial charge in [-0.3, -0.25) is 15.3 Å². The fourth-order valence-electron chi connectivity index (χ4n) is 1.92. The third kappa shape index (κ3) is 5.77. The summed E-state index contributed by atoms with van der Waals surface area (Å²) in [5.74, 6) is 0.290. The molecule has 0 amide bonds. The topological polar surface area (TPSA) is 66.0 Å². The molecule has 0 spiro atoms. The monoisotopic (exact) mass is 248 g/mol. The van der Waals surface area contributed by atoms with E-state index in [1.165, 1.54) is 0 Å². The molecule has 0 aliphatic rings. The van der Waals surface area contributed by atoms with Crippen molar-refractivity contribution in [2.45, 2.75) is 39.7 Å². The fourth-order valence-corrected chi connectivity index (χ4v) is 1.92. The summed E-state index contributed by atoms with van der Waals surface area (Å²) in [7, 11) is 0. The van der Waals surface area contributed by atoms with Crippen LogP contribution in [0.5, 0.6) is 0 Å². The smallest absolute Gasteiger partial charge is 0.0905 e. The maximum absolute atomic E-state index is 7.18. The molecule has 0 bridgehead atoms. The maximum atomic E-state index is 7.18. The summed E-state index contributed by atoms with van der Waals surface area (Å²) in [5, 5.41) is 7.18. The van der Waals surface area contributed by atoms with Crippen LogP contribution in [0.15, 0.2) is 18.2 Å². The number of aryl methyl sites for hydroxylation is 1. The minimum Gasteiger partial charge on any atom is -0.388 e. The molecule has 0 aliphatic heterocycles. The predicted octanol–water partition coefficient (Wildman–Crippen LogP) is 2.32. The third-order valence-electron chi connectivity index (χ3n) is 2.95. The Hall–Kier alpha value is -1.42. The largest absolute Gasteiger partial charge is 0.388 e. The number of hydrogen-bond acceptors (Lipinski definition) is 3. The summed E-state index contributed by atoms with van der Waals surface area (Å²) < 4.78 is 0. The van der Waals surface area contributed by atoms with Gasteiger partial charge in [0.15, 0.2) is 0 Å². The second kappa shape index (κ2) is 7.82. The Morgan fingerprint density at radius 2 is 2.17 bits per heavy atom. The number of pyridine rings is 1. The van der Waals surface area contributed by atoms with E-state index < -0.39 is 0 Å². The van der Waals surface area contributed by atoms with Gasteiger partial charge in [-0.1, -0.05) is 13.0 Å². The van der Waals surface area contributed by atoms with Gasteiger partial charge >= 0.3 is 0 Å². The van der Waals surface area contributed by atoms with E-state index in [0.717, 1.165) is 43.9 Å². The van der Waals surface area contributed by atoms with E-state index >= 15 is 0 Å². The van der Waals surface area contributed by atoms with Gasteiger partial charge in [0.2, 0.25) is 0 Å². The molecule has 1 heterocycles. The van der Waals surface area contributed by atoms with Crippen LogP contribution in [0.2, 0.25) is 0 Å². The van der Waals surface area contributed by atoms with Crippen LogP contribution in [0.3, 0.4) is 0 Å². The van der Waals surface area contributed by atoms with Crippen molar-refractivity contribution >= 4 is 5.84 Å². The number of amidine groups is 1. The molecule has 0 unspecified atom stereocenters. The van der Waals surface area contributed by atoms with Crippen molar-refractivity contribution in [1.82, 2.24) is 9.88 Å². The molecule has 1 aromatic heterocycles.